The van der Waals surface area contributed by atoms with Gasteiger partial charge in [0.05, 0.1) is 5.60 Å². The number of rotatable bonds is 5. The number of benzene rings is 1. The average molecular weight is 288 g/mol. The van der Waals surface area contributed by atoms with Crippen LogP contribution in [0, 0.1) is 0 Å². The molecule has 1 heterocycles. The molecule has 1 aromatic heterocycles. The SMILES string of the molecule is CC(C)(O)CNC(=O)CCc1cc2ccccc2[nH]c1=O. The van der Waals surface area contributed by atoms with Gasteiger partial charge >= 0.3 is 0 Å². The number of para-hydroxylation sites is 1. The van der Waals surface area contributed by atoms with Gasteiger partial charge in [-0.1, -0.05) is 18.2 Å². The van der Waals surface area contributed by atoms with Crippen molar-refractivity contribution in [2.24, 2.45) is 0 Å². The minimum Gasteiger partial charge on any atom is -0.389 e. The number of aliphatic hydroxyl groups is 1. The first-order valence-electron chi connectivity index (χ1n) is 6.95. The van der Waals surface area contributed by atoms with Gasteiger partial charge in [-0.3, -0.25) is 9.59 Å². The first-order valence-corrected chi connectivity index (χ1v) is 6.95. The molecule has 2 rings (SSSR count). The Kier molecular flexibility index (Phi) is 4.43. The number of aromatic nitrogens is 1. The molecule has 0 aliphatic rings. The molecule has 0 fully saturated rings. The Balaban J connectivity index is 2.02. The third-order valence-corrected chi connectivity index (χ3v) is 3.17. The second-order valence-corrected chi connectivity index (χ2v) is 5.80. The quantitative estimate of drug-likeness (QED) is 0.776. The van der Waals surface area contributed by atoms with Crippen molar-refractivity contribution in [2.45, 2.75) is 32.3 Å². The maximum Gasteiger partial charge on any atom is 0.251 e. The Bertz CT molecular complexity index is 698. The number of nitrogens with one attached hydrogen (secondary N) is 2. The zero-order chi connectivity index (χ0) is 15.5. The van der Waals surface area contributed by atoms with E-state index in [9.17, 15) is 14.7 Å². The summed E-state index contributed by atoms with van der Waals surface area (Å²) >= 11 is 0. The van der Waals surface area contributed by atoms with Crippen LogP contribution in [0.4, 0.5) is 0 Å². The van der Waals surface area contributed by atoms with Crippen LogP contribution in [0.5, 0.6) is 0 Å². The molecule has 5 nitrogen and oxygen atoms in total. The molecule has 2 aromatic rings. The molecule has 0 bridgehead atoms. The topological polar surface area (TPSA) is 82.2 Å². The second kappa shape index (κ2) is 6.10. The number of pyridine rings is 1. The third kappa shape index (κ3) is 4.43. The summed E-state index contributed by atoms with van der Waals surface area (Å²) in [4.78, 5) is 26.5. The van der Waals surface area contributed by atoms with Gasteiger partial charge in [-0.05, 0) is 37.8 Å². The largest absolute Gasteiger partial charge is 0.389 e. The van der Waals surface area contributed by atoms with Gasteiger partial charge in [0.15, 0.2) is 0 Å². The van der Waals surface area contributed by atoms with Gasteiger partial charge in [0, 0.05) is 24.0 Å². The molecule has 5 heteroatoms. The fourth-order valence-corrected chi connectivity index (χ4v) is 2.03. The molecule has 0 saturated carbocycles. The normalized spacial score (nSPS) is 11.6. The molecule has 0 radical (unpaired) electrons. The second-order valence-electron chi connectivity index (χ2n) is 5.80. The van der Waals surface area contributed by atoms with E-state index in [2.05, 4.69) is 10.3 Å². The molecule has 21 heavy (non-hydrogen) atoms. The van der Waals surface area contributed by atoms with Crippen molar-refractivity contribution < 1.29 is 9.90 Å². The van der Waals surface area contributed by atoms with E-state index in [-0.39, 0.29) is 24.4 Å². The minimum absolute atomic E-state index is 0.163. The first kappa shape index (κ1) is 15.3. The van der Waals surface area contributed by atoms with E-state index in [4.69, 9.17) is 0 Å². The fraction of sp³-hybridized carbons (Fsp3) is 0.375. The predicted octanol–water partition coefficient (Wildman–Crippen LogP) is 1.35. The number of hydrogen-bond donors (Lipinski definition) is 3. The van der Waals surface area contributed by atoms with Crippen molar-refractivity contribution in [3.05, 3.63) is 46.2 Å². The highest BCUT2D eigenvalue weighted by Crippen LogP contribution is 2.11. The maximum absolute atomic E-state index is 11.9. The van der Waals surface area contributed by atoms with Crippen LogP contribution in [0.2, 0.25) is 0 Å². The Morgan fingerprint density at radius 1 is 1.33 bits per heavy atom. The Hall–Kier alpha value is -2.14. The molecule has 0 atom stereocenters. The molecular formula is C16H20N2O3. The summed E-state index contributed by atoms with van der Waals surface area (Å²) in [7, 11) is 0. The van der Waals surface area contributed by atoms with Gasteiger partial charge in [-0.2, -0.15) is 0 Å². The van der Waals surface area contributed by atoms with Crippen molar-refractivity contribution in [3.8, 4) is 0 Å². The zero-order valence-electron chi connectivity index (χ0n) is 12.3. The van der Waals surface area contributed by atoms with Crippen molar-refractivity contribution in [1.29, 1.82) is 0 Å². The van der Waals surface area contributed by atoms with Crippen LogP contribution in [0.3, 0.4) is 0 Å². The van der Waals surface area contributed by atoms with Crippen LogP contribution in [0.15, 0.2) is 35.1 Å². The van der Waals surface area contributed by atoms with Crippen LogP contribution < -0.4 is 10.9 Å². The Labute approximate surface area is 123 Å². The van der Waals surface area contributed by atoms with Crippen molar-refractivity contribution >= 4 is 16.8 Å². The molecule has 3 N–H and O–H groups in total. The Morgan fingerprint density at radius 2 is 2.05 bits per heavy atom. The summed E-state index contributed by atoms with van der Waals surface area (Å²) in [6.45, 7) is 3.45. The minimum atomic E-state index is -0.934. The first-order chi connectivity index (χ1) is 9.85. The van der Waals surface area contributed by atoms with E-state index >= 15 is 0 Å². The smallest absolute Gasteiger partial charge is 0.251 e. The van der Waals surface area contributed by atoms with Crippen molar-refractivity contribution in [3.63, 3.8) is 0 Å². The lowest BCUT2D eigenvalue weighted by molar-refractivity contribution is -0.122. The molecule has 1 aromatic carbocycles. The third-order valence-electron chi connectivity index (χ3n) is 3.17. The van der Waals surface area contributed by atoms with Crippen molar-refractivity contribution in [2.75, 3.05) is 6.54 Å². The van der Waals surface area contributed by atoms with Gasteiger partial charge < -0.3 is 15.4 Å². The van der Waals surface area contributed by atoms with Gasteiger partial charge in [0.1, 0.15) is 0 Å². The highest BCUT2D eigenvalue weighted by Gasteiger charge is 2.14. The number of carbonyl (C=O) groups excluding carboxylic acids is 1. The van der Waals surface area contributed by atoms with Gasteiger partial charge in [-0.25, -0.2) is 0 Å². The lowest BCUT2D eigenvalue weighted by atomic mass is 10.1. The molecule has 0 saturated heterocycles. The monoisotopic (exact) mass is 288 g/mol. The van der Waals surface area contributed by atoms with Crippen LogP contribution in [-0.2, 0) is 11.2 Å². The number of H-pyrrole nitrogens is 1. The van der Waals surface area contributed by atoms with Crippen molar-refractivity contribution in [1.82, 2.24) is 10.3 Å². The summed E-state index contributed by atoms with van der Waals surface area (Å²) in [5, 5.41) is 13.1. The van der Waals surface area contributed by atoms with Crippen LogP contribution in [-0.4, -0.2) is 28.1 Å². The van der Waals surface area contributed by atoms with E-state index in [1.807, 2.05) is 30.3 Å². The fourth-order valence-electron chi connectivity index (χ4n) is 2.03. The van der Waals surface area contributed by atoms with E-state index in [1.165, 1.54) is 0 Å². The number of hydrogen-bond acceptors (Lipinski definition) is 3. The molecule has 0 unspecified atom stereocenters. The molecule has 112 valence electrons. The van der Waals surface area contributed by atoms with Crippen LogP contribution >= 0.6 is 0 Å². The average Bonchev–Trinajstić information content (AvgIpc) is 2.42. The number of amides is 1. The summed E-state index contributed by atoms with van der Waals surface area (Å²) in [6.07, 6.45) is 0.593. The van der Waals surface area contributed by atoms with E-state index in [0.29, 0.717) is 12.0 Å². The number of fused-ring (bicyclic) bond motifs is 1. The van der Waals surface area contributed by atoms with E-state index in [1.54, 1.807) is 13.8 Å². The van der Waals surface area contributed by atoms with E-state index in [0.717, 1.165) is 10.9 Å². The standard InChI is InChI=1S/C16H20N2O3/c1-16(2,21)10-17-14(19)8-7-12-9-11-5-3-4-6-13(11)18-15(12)20/h3-6,9,21H,7-8,10H2,1-2H3,(H,17,19)(H,18,20). The summed E-state index contributed by atoms with van der Waals surface area (Å²) in [5.74, 6) is -0.176. The van der Waals surface area contributed by atoms with Crippen LogP contribution in [0.25, 0.3) is 10.9 Å². The van der Waals surface area contributed by atoms with Crippen LogP contribution in [0.1, 0.15) is 25.8 Å². The highest BCUT2D eigenvalue weighted by atomic mass is 16.3. The molecule has 0 spiro atoms. The molecular weight excluding hydrogens is 268 g/mol. The van der Waals surface area contributed by atoms with Gasteiger partial charge in [0.25, 0.3) is 5.56 Å². The molecule has 0 aliphatic carbocycles. The molecule has 0 aliphatic heterocycles. The summed E-state index contributed by atoms with van der Waals surface area (Å²) < 4.78 is 0. The predicted molar refractivity (Wildman–Crippen MR) is 82.2 cm³/mol. The number of aryl methyl sites for hydroxylation is 1. The number of carbonyl (C=O) groups is 1. The van der Waals surface area contributed by atoms with Gasteiger partial charge in [-0.15, -0.1) is 0 Å². The zero-order valence-corrected chi connectivity index (χ0v) is 12.3. The van der Waals surface area contributed by atoms with E-state index < -0.39 is 5.60 Å². The lowest BCUT2D eigenvalue weighted by Crippen LogP contribution is -2.38. The molecule has 1 amide bonds. The maximum atomic E-state index is 11.9. The van der Waals surface area contributed by atoms with Gasteiger partial charge in [0.2, 0.25) is 5.91 Å². The number of aromatic amines is 1. The summed E-state index contributed by atoms with van der Waals surface area (Å²) in [6, 6.07) is 9.35. The lowest BCUT2D eigenvalue weighted by Gasteiger charge is -2.17. The Morgan fingerprint density at radius 3 is 2.76 bits per heavy atom. The highest BCUT2D eigenvalue weighted by molar-refractivity contribution is 5.79. The summed E-state index contributed by atoms with van der Waals surface area (Å²) in [5.41, 5.74) is 0.282.